The van der Waals surface area contributed by atoms with Crippen molar-refractivity contribution in [3.63, 3.8) is 0 Å². The number of hydrogen-bond acceptors (Lipinski definition) is 5. The molecule has 2 aliphatic heterocycles. The lowest BCUT2D eigenvalue weighted by Gasteiger charge is -2.38. The second-order valence-corrected chi connectivity index (χ2v) is 6.44. The van der Waals surface area contributed by atoms with E-state index in [1.807, 2.05) is 11.8 Å². The number of nitro groups is 1. The largest absolute Gasteiger partial charge is 0.366 e. The third-order valence-corrected chi connectivity index (χ3v) is 4.49. The zero-order chi connectivity index (χ0) is 15.0. The minimum Gasteiger partial charge on any atom is -0.366 e. The number of benzene rings is 1. The van der Waals surface area contributed by atoms with Crippen molar-refractivity contribution >= 4 is 27.3 Å². The average molecular weight is 357 g/mol. The van der Waals surface area contributed by atoms with Gasteiger partial charge in [-0.25, -0.2) is 0 Å². The number of anilines is 1. The summed E-state index contributed by atoms with van der Waals surface area (Å²) in [6, 6.07) is 5.03. The van der Waals surface area contributed by atoms with E-state index in [-0.39, 0.29) is 16.7 Å². The third-order valence-electron chi connectivity index (χ3n) is 4.00. The molecule has 2 fully saturated rings. The molecular formula is C14H17BrN2O4. The molecule has 2 saturated heterocycles. The van der Waals surface area contributed by atoms with Crippen molar-refractivity contribution in [3.05, 3.63) is 32.8 Å². The van der Waals surface area contributed by atoms with Gasteiger partial charge in [-0.2, -0.15) is 0 Å². The van der Waals surface area contributed by atoms with Gasteiger partial charge < -0.3 is 14.4 Å². The van der Waals surface area contributed by atoms with Gasteiger partial charge in [0.05, 0.1) is 17.6 Å². The van der Waals surface area contributed by atoms with E-state index in [2.05, 4.69) is 15.9 Å². The van der Waals surface area contributed by atoms with E-state index in [0.717, 1.165) is 17.3 Å². The van der Waals surface area contributed by atoms with Crippen molar-refractivity contribution in [3.8, 4) is 0 Å². The zero-order valence-corrected chi connectivity index (χ0v) is 13.3. The summed E-state index contributed by atoms with van der Waals surface area (Å²) in [5.41, 5.74) is 0.783. The first-order valence-electron chi connectivity index (χ1n) is 7.00. The molecule has 0 saturated carbocycles. The summed E-state index contributed by atoms with van der Waals surface area (Å²) in [6.07, 6.45) is 1.57. The van der Waals surface area contributed by atoms with E-state index < -0.39 is 5.79 Å². The normalized spacial score (nSPS) is 24.5. The summed E-state index contributed by atoms with van der Waals surface area (Å²) in [5.74, 6) is -0.489. The van der Waals surface area contributed by atoms with Gasteiger partial charge in [-0.3, -0.25) is 10.1 Å². The number of halogens is 1. The van der Waals surface area contributed by atoms with Crippen molar-refractivity contribution in [2.45, 2.75) is 31.7 Å². The fraction of sp³-hybridized carbons (Fsp3) is 0.571. The van der Waals surface area contributed by atoms with Crippen LogP contribution in [0.25, 0.3) is 0 Å². The smallest absolute Gasteiger partial charge is 0.292 e. The molecule has 7 heteroatoms. The second-order valence-electron chi connectivity index (χ2n) is 5.53. The Kier molecular flexibility index (Phi) is 3.90. The standard InChI is InChI=1S/C14H17BrN2O4/c1-10-9-20-14(21-10)4-6-16(7-5-14)13-8-11(15)2-3-12(13)17(18)19/h2-3,8,10H,4-7,9H2,1H3. The number of ether oxygens (including phenoxy) is 2. The van der Waals surface area contributed by atoms with Gasteiger partial charge in [0.25, 0.3) is 5.69 Å². The summed E-state index contributed by atoms with van der Waals surface area (Å²) >= 11 is 3.38. The van der Waals surface area contributed by atoms with Crippen LogP contribution in [0.1, 0.15) is 19.8 Å². The van der Waals surface area contributed by atoms with Crippen LogP contribution in [0, 0.1) is 10.1 Å². The van der Waals surface area contributed by atoms with Crippen LogP contribution in [0.2, 0.25) is 0 Å². The summed E-state index contributed by atoms with van der Waals surface area (Å²) in [4.78, 5) is 12.9. The first kappa shape index (κ1) is 14.7. The highest BCUT2D eigenvalue weighted by atomic mass is 79.9. The number of piperidine rings is 1. The van der Waals surface area contributed by atoms with Gasteiger partial charge in [0.15, 0.2) is 5.79 Å². The lowest BCUT2D eigenvalue weighted by molar-refractivity contribution is -0.384. The number of hydrogen-bond donors (Lipinski definition) is 0. The monoisotopic (exact) mass is 356 g/mol. The molecule has 0 amide bonds. The van der Waals surface area contributed by atoms with Crippen LogP contribution in [0.3, 0.4) is 0 Å². The van der Waals surface area contributed by atoms with Crippen LogP contribution in [-0.4, -0.2) is 36.5 Å². The van der Waals surface area contributed by atoms with Crippen molar-refractivity contribution in [1.29, 1.82) is 0 Å². The highest BCUT2D eigenvalue weighted by Crippen LogP contribution is 2.38. The molecule has 1 spiro atoms. The van der Waals surface area contributed by atoms with Crippen LogP contribution >= 0.6 is 15.9 Å². The Morgan fingerprint density at radius 1 is 1.43 bits per heavy atom. The maximum Gasteiger partial charge on any atom is 0.292 e. The second kappa shape index (κ2) is 5.55. The molecular weight excluding hydrogens is 340 g/mol. The molecule has 3 rings (SSSR count). The Bertz CT molecular complexity index is 558. The highest BCUT2D eigenvalue weighted by molar-refractivity contribution is 9.10. The van der Waals surface area contributed by atoms with Gasteiger partial charge in [0, 0.05) is 36.5 Å². The van der Waals surface area contributed by atoms with E-state index in [4.69, 9.17) is 9.47 Å². The number of rotatable bonds is 2. The van der Waals surface area contributed by atoms with Gasteiger partial charge in [-0.1, -0.05) is 15.9 Å². The average Bonchev–Trinajstić information content (AvgIpc) is 2.80. The first-order valence-corrected chi connectivity index (χ1v) is 7.79. The lowest BCUT2D eigenvalue weighted by atomic mass is 10.0. The van der Waals surface area contributed by atoms with Crippen LogP contribution < -0.4 is 4.90 Å². The van der Waals surface area contributed by atoms with E-state index in [1.54, 1.807) is 12.1 Å². The van der Waals surface area contributed by atoms with Crippen LogP contribution in [-0.2, 0) is 9.47 Å². The molecule has 0 bridgehead atoms. The molecule has 2 aliphatic rings. The zero-order valence-electron chi connectivity index (χ0n) is 11.8. The molecule has 0 N–H and O–H groups in total. The quantitative estimate of drug-likeness (QED) is 0.601. The van der Waals surface area contributed by atoms with E-state index in [1.165, 1.54) is 6.07 Å². The topological polar surface area (TPSA) is 64.8 Å². The van der Waals surface area contributed by atoms with E-state index in [0.29, 0.717) is 25.4 Å². The molecule has 2 heterocycles. The van der Waals surface area contributed by atoms with Crippen LogP contribution in [0.5, 0.6) is 0 Å². The predicted molar refractivity (Wildman–Crippen MR) is 81.5 cm³/mol. The lowest BCUT2D eigenvalue weighted by Crippen LogP contribution is -2.45. The Morgan fingerprint density at radius 2 is 2.14 bits per heavy atom. The Balaban J connectivity index is 1.78. The van der Waals surface area contributed by atoms with E-state index in [9.17, 15) is 10.1 Å². The Labute approximate surface area is 131 Å². The van der Waals surface area contributed by atoms with Crippen LogP contribution in [0.15, 0.2) is 22.7 Å². The van der Waals surface area contributed by atoms with Gasteiger partial charge >= 0.3 is 0 Å². The molecule has 0 radical (unpaired) electrons. The molecule has 1 atom stereocenters. The van der Waals surface area contributed by atoms with Crippen molar-refractivity contribution in [1.82, 2.24) is 0 Å². The summed E-state index contributed by atoms with van der Waals surface area (Å²) in [5, 5.41) is 11.2. The molecule has 21 heavy (non-hydrogen) atoms. The molecule has 6 nitrogen and oxygen atoms in total. The SMILES string of the molecule is CC1COC2(CCN(c3cc(Br)ccc3[N+](=O)[O-])CC2)O1. The van der Waals surface area contributed by atoms with Crippen molar-refractivity contribution in [2.75, 3.05) is 24.6 Å². The van der Waals surface area contributed by atoms with E-state index >= 15 is 0 Å². The molecule has 1 unspecified atom stereocenters. The number of nitrogens with zero attached hydrogens (tertiary/aromatic N) is 2. The van der Waals surface area contributed by atoms with Crippen molar-refractivity contribution in [2.24, 2.45) is 0 Å². The van der Waals surface area contributed by atoms with Crippen LogP contribution in [0.4, 0.5) is 11.4 Å². The van der Waals surface area contributed by atoms with Gasteiger partial charge in [-0.05, 0) is 19.1 Å². The third kappa shape index (κ3) is 2.90. The maximum absolute atomic E-state index is 11.2. The molecule has 0 aromatic heterocycles. The molecule has 1 aromatic carbocycles. The predicted octanol–water partition coefficient (Wildman–Crippen LogP) is 3.09. The molecule has 114 valence electrons. The Hall–Kier alpha value is -1.18. The van der Waals surface area contributed by atoms with Gasteiger partial charge in [0.1, 0.15) is 5.69 Å². The fourth-order valence-electron chi connectivity index (χ4n) is 2.96. The number of nitro benzene ring substituents is 1. The van der Waals surface area contributed by atoms with Crippen molar-refractivity contribution < 1.29 is 14.4 Å². The minimum absolute atomic E-state index is 0.122. The van der Waals surface area contributed by atoms with Gasteiger partial charge in [-0.15, -0.1) is 0 Å². The Morgan fingerprint density at radius 3 is 2.71 bits per heavy atom. The summed E-state index contributed by atoms with van der Waals surface area (Å²) in [7, 11) is 0. The highest BCUT2D eigenvalue weighted by Gasteiger charge is 2.43. The maximum atomic E-state index is 11.2. The molecule has 0 aliphatic carbocycles. The minimum atomic E-state index is -0.489. The molecule has 1 aromatic rings. The summed E-state index contributed by atoms with van der Waals surface area (Å²) in [6.45, 7) is 3.99. The first-order chi connectivity index (χ1) is 9.99. The van der Waals surface area contributed by atoms with Gasteiger partial charge in [0.2, 0.25) is 0 Å². The summed E-state index contributed by atoms with van der Waals surface area (Å²) < 4.78 is 12.5. The fourth-order valence-corrected chi connectivity index (χ4v) is 3.31.